The largest absolute Gasteiger partial charge is 0.335 e. The molecule has 1 aliphatic rings. The van der Waals surface area contributed by atoms with E-state index in [9.17, 15) is 4.79 Å². The summed E-state index contributed by atoms with van der Waals surface area (Å²) in [6, 6.07) is 10.5. The summed E-state index contributed by atoms with van der Waals surface area (Å²) in [5.41, 5.74) is 1.17. The van der Waals surface area contributed by atoms with E-state index in [1.807, 2.05) is 25.2 Å². The predicted molar refractivity (Wildman–Crippen MR) is 77.9 cm³/mol. The van der Waals surface area contributed by atoms with Gasteiger partial charge in [-0.2, -0.15) is 0 Å². The number of nitrogens with zero attached hydrogens (tertiary/aromatic N) is 1. The molecule has 19 heavy (non-hydrogen) atoms. The standard InChI is InChI=1S/C16H24N2O/c1-18(13-14-9-5-4-6-10-14)16(19)17-15-11-7-2-3-8-12-15/h4-6,9-10,15H,2-3,7-8,11-13H2,1H3,(H,17,19). The molecule has 1 N–H and O–H groups in total. The Morgan fingerprint density at radius 2 is 1.79 bits per heavy atom. The second-order valence-corrected chi connectivity index (χ2v) is 5.48. The minimum Gasteiger partial charge on any atom is -0.335 e. The number of carbonyl (C=O) groups excluding carboxylic acids is 1. The maximum absolute atomic E-state index is 12.1. The Morgan fingerprint density at radius 1 is 1.16 bits per heavy atom. The van der Waals surface area contributed by atoms with Gasteiger partial charge in [0.2, 0.25) is 0 Å². The molecule has 0 atom stereocenters. The molecule has 0 aromatic heterocycles. The van der Waals surface area contributed by atoms with Gasteiger partial charge in [-0.25, -0.2) is 4.79 Å². The van der Waals surface area contributed by atoms with Crippen molar-refractivity contribution in [1.29, 1.82) is 0 Å². The van der Waals surface area contributed by atoms with Crippen LogP contribution in [0.4, 0.5) is 4.79 Å². The Hall–Kier alpha value is -1.51. The molecular formula is C16H24N2O. The van der Waals surface area contributed by atoms with Crippen molar-refractivity contribution in [3.05, 3.63) is 35.9 Å². The normalized spacial score (nSPS) is 16.7. The molecule has 1 aliphatic carbocycles. The quantitative estimate of drug-likeness (QED) is 0.828. The van der Waals surface area contributed by atoms with Crippen molar-refractivity contribution in [2.45, 2.75) is 51.1 Å². The Labute approximate surface area is 116 Å². The SMILES string of the molecule is CN(Cc1ccccc1)C(=O)NC1CCCCCC1. The van der Waals surface area contributed by atoms with Crippen LogP contribution in [0.5, 0.6) is 0 Å². The van der Waals surface area contributed by atoms with E-state index in [4.69, 9.17) is 0 Å². The number of carbonyl (C=O) groups is 1. The summed E-state index contributed by atoms with van der Waals surface area (Å²) >= 11 is 0. The van der Waals surface area contributed by atoms with Crippen molar-refractivity contribution >= 4 is 6.03 Å². The number of hydrogen-bond acceptors (Lipinski definition) is 1. The molecule has 1 aromatic carbocycles. The monoisotopic (exact) mass is 260 g/mol. The topological polar surface area (TPSA) is 32.3 Å². The van der Waals surface area contributed by atoms with E-state index >= 15 is 0 Å². The van der Waals surface area contributed by atoms with E-state index in [1.165, 1.54) is 31.2 Å². The van der Waals surface area contributed by atoms with Crippen LogP contribution in [0, 0.1) is 0 Å². The fourth-order valence-corrected chi connectivity index (χ4v) is 2.64. The van der Waals surface area contributed by atoms with Gasteiger partial charge in [-0.1, -0.05) is 56.0 Å². The third kappa shape index (κ3) is 4.58. The summed E-state index contributed by atoms with van der Waals surface area (Å²) in [6.45, 7) is 0.666. The number of rotatable bonds is 3. The number of urea groups is 1. The van der Waals surface area contributed by atoms with E-state index in [1.54, 1.807) is 4.90 Å². The molecule has 0 unspecified atom stereocenters. The maximum Gasteiger partial charge on any atom is 0.317 e. The summed E-state index contributed by atoms with van der Waals surface area (Å²) in [7, 11) is 1.86. The van der Waals surface area contributed by atoms with Crippen LogP contribution >= 0.6 is 0 Å². The molecule has 104 valence electrons. The van der Waals surface area contributed by atoms with Crippen molar-refractivity contribution < 1.29 is 4.79 Å². The lowest BCUT2D eigenvalue weighted by atomic mass is 10.1. The minimum atomic E-state index is 0.0516. The third-order valence-electron chi connectivity index (χ3n) is 3.79. The summed E-state index contributed by atoms with van der Waals surface area (Å²) in [4.78, 5) is 13.9. The van der Waals surface area contributed by atoms with Crippen LogP contribution in [0.2, 0.25) is 0 Å². The van der Waals surface area contributed by atoms with Crippen LogP contribution in [0.25, 0.3) is 0 Å². The zero-order chi connectivity index (χ0) is 13.5. The molecule has 1 saturated carbocycles. The molecule has 2 rings (SSSR count). The van der Waals surface area contributed by atoms with E-state index in [0.717, 1.165) is 12.8 Å². The van der Waals surface area contributed by atoms with Gasteiger partial charge in [-0.05, 0) is 18.4 Å². The Balaban J connectivity index is 1.81. The van der Waals surface area contributed by atoms with Crippen molar-refractivity contribution in [3.63, 3.8) is 0 Å². The van der Waals surface area contributed by atoms with Crippen LogP contribution in [0.1, 0.15) is 44.1 Å². The van der Waals surface area contributed by atoms with Gasteiger partial charge in [0, 0.05) is 19.6 Å². The van der Waals surface area contributed by atoms with Crippen LogP contribution in [0.15, 0.2) is 30.3 Å². The molecule has 0 heterocycles. The van der Waals surface area contributed by atoms with Gasteiger partial charge >= 0.3 is 6.03 Å². The number of amides is 2. The van der Waals surface area contributed by atoms with Crippen molar-refractivity contribution in [2.24, 2.45) is 0 Å². The van der Waals surface area contributed by atoms with Gasteiger partial charge in [0.25, 0.3) is 0 Å². The maximum atomic E-state index is 12.1. The highest BCUT2D eigenvalue weighted by atomic mass is 16.2. The van der Waals surface area contributed by atoms with Gasteiger partial charge < -0.3 is 10.2 Å². The number of hydrogen-bond donors (Lipinski definition) is 1. The summed E-state index contributed by atoms with van der Waals surface area (Å²) in [5, 5.41) is 3.17. The smallest absolute Gasteiger partial charge is 0.317 e. The first-order valence-corrected chi connectivity index (χ1v) is 7.31. The first-order chi connectivity index (χ1) is 9.25. The van der Waals surface area contributed by atoms with E-state index in [2.05, 4.69) is 17.4 Å². The lowest BCUT2D eigenvalue weighted by Crippen LogP contribution is -2.42. The molecule has 0 radical (unpaired) electrons. The Bertz CT molecular complexity index is 383. The second kappa shape index (κ2) is 7.17. The summed E-state index contributed by atoms with van der Waals surface area (Å²) < 4.78 is 0. The van der Waals surface area contributed by atoms with Gasteiger partial charge in [-0.15, -0.1) is 0 Å². The van der Waals surface area contributed by atoms with E-state index < -0.39 is 0 Å². The van der Waals surface area contributed by atoms with Crippen LogP contribution in [-0.2, 0) is 6.54 Å². The average molecular weight is 260 g/mol. The molecule has 1 aromatic rings. The third-order valence-corrected chi connectivity index (χ3v) is 3.79. The lowest BCUT2D eigenvalue weighted by molar-refractivity contribution is 0.201. The van der Waals surface area contributed by atoms with Crippen molar-refractivity contribution in [3.8, 4) is 0 Å². The molecule has 0 bridgehead atoms. The fraction of sp³-hybridized carbons (Fsp3) is 0.562. The Morgan fingerprint density at radius 3 is 2.42 bits per heavy atom. The van der Waals surface area contributed by atoms with Gasteiger partial charge in [-0.3, -0.25) is 0 Å². The van der Waals surface area contributed by atoms with E-state index in [0.29, 0.717) is 12.6 Å². The molecule has 1 fully saturated rings. The van der Waals surface area contributed by atoms with Gasteiger partial charge in [0.05, 0.1) is 0 Å². The zero-order valence-corrected chi connectivity index (χ0v) is 11.8. The number of benzene rings is 1. The first kappa shape index (κ1) is 13.9. The Kier molecular flexibility index (Phi) is 5.25. The number of nitrogens with one attached hydrogen (secondary N) is 1. The molecule has 0 spiro atoms. The minimum absolute atomic E-state index is 0.0516. The molecular weight excluding hydrogens is 236 g/mol. The summed E-state index contributed by atoms with van der Waals surface area (Å²) in [5.74, 6) is 0. The highest BCUT2D eigenvalue weighted by molar-refractivity contribution is 5.74. The lowest BCUT2D eigenvalue weighted by Gasteiger charge is -2.22. The van der Waals surface area contributed by atoms with Crippen LogP contribution < -0.4 is 5.32 Å². The molecule has 0 aliphatic heterocycles. The zero-order valence-electron chi connectivity index (χ0n) is 11.8. The second-order valence-electron chi connectivity index (χ2n) is 5.48. The predicted octanol–water partition coefficient (Wildman–Crippen LogP) is 3.55. The highest BCUT2D eigenvalue weighted by Crippen LogP contribution is 2.17. The fourth-order valence-electron chi connectivity index (χ4n) is 2.64. The van der Waals surface area contributed by atoms with Crippen molar-refractivity contribution in [2.75, 3.05) is 7.05 Å². The van der Waals surface area contributed by atoms with E-state index in [-0.39, 0.29) is 6.03 Å². The summed E-state index contributed by atoms with van der Waals surface area (Å²) in [6.07, 6.45) is 7.37. The average Bonchev–Trinajstić information content (AvgIpc) is 2.68. The van der Waals surface area contributed by atoms with Crippen LogP contribution in [-0.4, -0.2) is 24.0 Å². The van der Waals surface area contributed by atoms with Crippen LogP contribution in [0.3, 0.4) is 0 Å². The first-order valence-electron chi connectivity index (χ1n) is 7.31. The molecule has 2 amide bonds. The van der Waals surface area contributed by atoms with Gasteiger partial charge in [0.1, 0.15) is 0 Å². The highest BCUT2D eigenvalue weighted by Gasteiger charge is 2.16. The molecule has 3 heteroatoms. The van der Waals surface area contributed by atoms with Crippen molar-refractivity contribution in [1.82, 2.24) is 10.2 Å². The molecule has 3 nitrogen and oxygen atoms in total. The molecule has 0 saturated heterocycles. The van der Waals surface area contributed by atoms with Gasteiger partial charge in [0.15, 0.2) is 0 Å².